The standard InChI is InChI=1S/C23H15F3N2O5S/c24-23(25,26)33-16-8-6-14(7-9-16)18-11-10-17(32-18)12-19-21(30)28(22(31)34-19)13-20(29)27-15-4-2-1-3-5-15/h1-12H,13H2,(H,27,29)/b19-12-. The highest BCUT2D eigenvalue weighted by atomic mass is 32.2. The maximum absolute atomic E-state index is 12.6. The van der Waals surface area contributed by atoms with Crippen molar-refractivity contribution in [3.05, 3.63) is 77.4 Å². The Labute approximate surface area is 195 Å². The molecule has 2 heterocycles. The summed E-state index contributed by atoms with van der Waals surface area (Å²) in [5.74, 6) is -0.929. The quantitative estimate of drug-likeness (QED) is 0.460. The van der Waals surface area contributed by atoms with Crippen LogP contribution in [0.1, 0.15) is 5.76 Å². The predicted octanol–water partition coefficient (Wildman–Crippen LogP) is 5.52. The molecule has 3 amide bonds. The molecule has 1 aliphatic rings. The Morgan fingerprint density at radius 3 is 2.41 bits per heavy atom. The summed E-state index contributed by atoms with van der Waals surface area (Å²) in [4.78, 5) is 38.0. The number of imide groups is 1. The van der Waals surface area contributed by atoms with Crippen LogP contribution in [-0.4, -0.2) is 34.9 Å². The summed E-state index contributed by atoms with van der Waals surface area (Å²) in [6.45, 7) is -0.438. The Hall–Kier alpha value is -3.99. The van der Waals surface area contributed by atoms with E-state index in [0.717, 1.165) is 17.0 Å². The lowest BCUT2D eigenvalue weighted by atomic mass is 10.2. The monoisotopic (exact) mass is 488 g/mol. The molecule has 174 valence electrons. The highest BCUT2D eigenvalue weighted by Gasteiger charge is 2.36. The van der Waals surface area contributed by atoms with Gasteiger partial charge >= 0.3 is 6.36 Å². The van der Waals surface area contributed by atoms with E-state index in [1.54, 1.807) is 42.5 Å². The van der Waals surface area contributed by atoms with Gasteiger partial charge in [-0.3, -0.25) is 19.3 Å². The summed E-state index contributed by atoms with van der Waals surface area (Å²) < 4.78 is 46.3. The minimum absolute atomic E-state index is 0.0762. The molecule has 1 N–H and O–H groups in total. The number of carbonyl (C=O) groups excluding carboxylic acids is 3. The van der Waals surface area contributed by atoms with Gasteiger partial charge in [-0.25, -0.2) is 0 Å². The molecule has 1 fully saturated rings. The minimum Gasteiger partial charge on any atom is -0.457 e. The van der Waals surface area contributed by atoms with E-state index in [2.05, 4.69) is 10.1 Å². The van der Waals surface area contributed by atoms with Gasteiger partial charge < -0.3 is 14.5 Å². The number of thioether (sulfide) groups is 1. The molecule has 3 aromatic rings. The van der Waals surface area contributed by atoms with Gasteiger partial charge in [0, 0.05) is 17.3 Å². The number of para-hydroxylation sites is 1. The maximum Gasteiger partial charge on any atom is 0.573 e. The first-order valence-corrected chi connectivity index (χ1v) is 10.6. The molecule has 4 rings (SSSR count). The van der Waals surface area contributed by atoms with E-state index >= 15 is 0 Å². The van der Waals surface area contributed by atoms with Crippen LogP contribution in [0.25, 0.3) is 17.4 Å². The summed E-state index contributed by atoms with van der Waals surface area (Å²) in [6, 6.07) is 16.8. The van der Waals surface area contributed by atoms with E-state index in [1.807, 2.05) is 0 Å². The molecule has 0 aliphatic carbocycles. The Morgan fingerprint density at radius 2 is 1.74 bits per heavy atom. The summed E-state index contributed by atoms with van der Waals surface area (Å²) in [5.41, 5.74) is 1.02. The topological polar surface area (TPSA) is 88.8 Å². The summed E-state index contributed by atoms with van der Waals surface area (Å²) in [6.07, 6.45) is -3.42. The smallest absolute Gasteiger partial charge is 0.457 e. The molecule has 0 radical (unpaired) electrons. The van der Waals surface area contributed by atoms with Crippen LogP contribution in [-0.2, 0) is 9.59 Å². The normalized spacial score (nSPS) is 15.1. The van der Waals surface area contributed by atoms with Crippen molar-refractivity contribution in [1.82, 2.24) is 4.90 Å². The van der Waals surface area contributed by atoms with E-state index < -0.39 is 30.0 Å². The van der Waals surface area contributed by atoms with Crippen LogP contribution in [0.5, 0.6) is 5.75 Å². The third-order valence-corrected chi connectivity index (χ3v) is 5.41. The van der Waals surface area contributed by atoms with Crippen LogP contribution in [0.3, 0.4) is 0 Å². The molecule has 11 heteroatoms. The second-order valence-corrected chi connectivity index (χ2v) is 7.95. The maximum atomic E-state index is 12.6. The number of amides is 3. The zero-order valence-corrected chi connectivity index (χ0v) is 18.0. The molecule has 1 aliphatic heterocycles. The number of alkyl halides is 3. The van der Waals surface area contributed by atoms with E-state index in [-0.39, 0.29) is 16.4 Å². The fourth-order valence-corrected chi connectivity index (χ4v) is 3.86. The zero-order chi connectivity index (χ0) is 24.3. The largest absolute Gasteiger partial charge is 0.573 e. The van der Waals surface area contributed by atoms with Gasteiger partial charge in [0.2, 0.25) is 5.91 Å². The lowest BCUT2D eigenvalue weighted by molar-refractivity contribution is -0.274. The zero-order valence-electron chi connectivity index (χ0n) is 17.2. The van der Waals surface area contributed by atoms with Gasteiger partial charge in [0.15, 0.2) is 0 Å². The van der Waals surface area contributed by atoms with Gasteiger partial charge in [-0.05, 0) is 60.3 Å². The number of nitrogens with one attached hydrogen (secondary N) is 1. The number of benzene rings is 2. The molecule has 1 aromatic heterocycles. The number of nitrogens with zero attached hydrogens (tertiary/aromatic N) is 1. The molecule has 0 bridgehead atoms. The molecule has 0 saturated carbocycles. The summed E-state index contributed by atoms with van der Waals surface area (Å²) >= 11 is 0.673. The van der Waals surface area contributed by atoms with Crippen molar-refractivity contribution < 1.29 is 36.7 Å². The van der Waals surface area contributed by atoms with Gasteiger partial charge in [0.1, 0.15) is 23.8 Å². The Balaban J connectivity index is 1.42. The first kappa shape index (κ1) is 23.2. The molecule has 0 unspecified atom stereocenters. The number of rotatable bonds is 6. The second kappa shape index (κ2) is 9.48. The third kappa shape index (κ3) is 5.67. The van der Waals surface area contributed by atoms with E-state index in [4.69, 9.17) is 4.42 Å². The van der Waals surface area contributed by atoms with Crippen molar-refractivity contribution in [3.63, 3.8) is 0 Å². The van der Waals surface area contributed by atoms with Gasteiger partial charge in [-0.1, -0.05) is 18.2 Å². The van der Waals surface area contributed by atoms with Gasteiger partial charge in [0.05, 0.1) is 4.91 Å². The van der Waals surface area contributed by atoms with Gasteiger partial charge in [-0.2, -0.15) is 0 Å². The molecular weight excluding hydrogens is 473 g/mol. The van der Waals surface area contributed by atoms with Crippen molar-refractivity contribution in [1.29, 1.82) is 0 Å². The van der Waals surface area contributed by atoms with Gasteiger partial charge in [-0.15, -0.1) is 13.2 Å². The van der Waals surface area contributed by atoms with E-state index in [9.17, 15) is 27.6 Å². The van der Waals surface area contributed by atoms with E-state index in [0.29, 0.717) is 28.8 Å². The molecule has 0 atom stereocenters. The van der Waals surface area contributed by atoms with Gasteiger partial charge in [0.25, 0.3) is 11.1 Å². The number of carbonyl (C=O) groups is 3. The van der Waals surface area contributed by atoms with Crippen LogP contribution in [0, 0.1) is 0 Å². The van der Waals surface area contributed by atoms with Crippen molar-refractivity contribution in [3.8, 4) is 17.1 Å². The number of hydrogen-bond acceptors (Lipinski definition) is 6. The van der Waals surface area contributed by atoms with Crippen LogP contribution in [0.4, 0.5) is 23.7 Å². The highest BCUT2D eigenvalue weighted by Crippen LogP contribution is 2.34. The molecular formula is C23H15F3N2O5S. The molecule has 2 aromatic carbocycles. The molecule has 1 saturated heterocycles. The average Bonchev–Trinajstić information content (AvgIpc) is 3.34. The third-order valence-electron chi connectivity index (χ3n) is 4.51. The number of anilines is 1. The average molecular weight is 488 g/mol. The number of ether oxygens (including phenoxy) is 1. The molecule has 0 spiro atoms. The SMILES string of the molecule is O=C(CN1C(=O)S/C(=C\c2ccc(-c3ccc(OC(F)(F)F)cc3)o2)C1=O)Nc1ccccc1. The Kier molecular flexibility index (Phi) is 6.46. The number of halogens is 3. The fourth-order valence-electron chi connectivity index (χ4n) is 3.04. The number of furan rings is 1. The van der Waals surface area contributed by atoms with Crippen LogP contribution in [0.15, 0.2) is 76.1 Å². The van der Waals surface area contributed by atoms with Crippen LogP contribution >= 0.6 is 11.8 Å². The second-order valence-electron chi connectivity index (χ2n) is 6.96. The van der Waals surface area contributed by atoms with Crippen molar-refractivity contribution in [2.24, 2.45) is 0 Å². The van der Waals surface area contributed by atoms with Crippen LogP contribution in [0.2, 0.25) is 0 Å². The van der Waals surface area contributed by atoms with Crippen molar-refractivity contribution in [2.45, 2.75) is 6.36 Å². The van der Waals surface area contributed by atoms with Crippen LogP contribution < -0.4 is 10.1 Å². The summed E-state index contributed by atoms with van der Waals surface area (Å²) in [5, 5.41) is 2.02. The van der Waals surface area contributed by atoms with Crippen molar-refractivity contribution in [2.75, 3.05) is 11.9 Å². The minimum atomic E-state index is -4.79. The lowest BCUT2D eigenvalue weighted by Gasteiger charge is -2.12. The molecule has 7 nitrogen and oxygen atoms in total. The van der Waals surface area contributed by atoms with E-state index in [1.165, 1.54) is 18.2 Å². The predicted molar refractivity (Wildman–Crippen MR) is 119 cm³/mol. The fraction of sp³-hybridized carbons (Fsp3) is 0.0870. The Morgan fingerprint density at radius 1 is 1.03 bits per heavy atom. The molecule has 34 heavy (non-hydrogen) atoms. The van der Waals surface area contributed by atoms with Crippen molar-refractivity contribution >= 4 is 40.6 Å². The summed E-state index contributed by atoms with van der Waals surface area (Å²) in [7, 11) is 0. The lowest BCUT2D eigenvalue weighted by Crippen LogP contribution is -2.36. The first-order chi connectivity index (χ1) is 16.2. The first-order valence-electron chi connectivity index (χ1n) is 9.74. The Bertz CT molecular complexity index is 1250. The highest BCUT2D eigenvalue weighted by molar-refractivity contribution is 8.18. The number of hydrogen-bond donors (Lipinski definition) is 1.